The summed E-state index contributed by atoms with van der Waals surface area (Å²) in [6.45, 7) is 9.31. The molecule has 2 atom stereocenters. The van der Waals surface area contributed by atoms with Gasteiger partial charge in [-0.1, -0.05) is 13.8 Å². The van der Waals surface area contributed by atoms with E-state index in [0.717, 1.165) is 6.42 Å². The number of nitrogens with zero attached hydrogens (tertiary/aromatic N) is 1. The number of methoxy groups -OCH3 is 1. The molecule has 2 N–H and O–H groups in total. The molecule has 0 aliphatic carbocycles. The first kappa shape index (κ1) is 15.4. The van der Waals surface area contributed by atoms with E-state index in [1.54, 1.807) is 12.0 Å². The van der Waals surface area contributed by atoms with Gasteiger partial charge in [0.15, 0.2) is 0 Å². The molecule has 96 valence electrons. The number of ether oxygens (including phenoxy) is 1. The molecule has 4 heteroatoms. The quantitative estimate of drug-likeness (QED) is 0.716. The fourth-order valence-corrected chi connectivity index (χ4v) is 1.84. The zero-order valence-corrected chi connectivity index (χ0v) is 11.2. The van der Waals surface area contributed by atoms with Crippen LogP contribution >= 0.6 is 0 Å². The summed E-state index contributed by atoms with van der Waals surface area (Å²) in [6.07, 6.45) is 0.731. The zero-order valence-electron chi connectivity index (χ0n) is 11.2. The van der Waals surface area contributed by atoms with Crippen molar-refractivity contribution < 1.29 is 9.53 Å². The summed E-state index contributed by atoms with van der Waals surface area (Å²) in [7, 11) is 1.64. The molecule has 0 saturated carbocycles. The van der Waals surface area contributed by atoms with Crippen molar-refractivity contribution in [1.82, 2.24) is 4.90 Å². The van der Waals surface area contributed by atoms with Crippen LogP contribution in [0.15, 0.2) is 0 Å². The molecule has 0 aromatic heterocycles. The van der Waals surface area contributed by atoms with Crippen LogP contribution in [0.5, 0.6) is 0 Å². The molecule has 0 radical (unpaired) electrons. The molecule has 0 aliphatic heterocycles. The van der Waals surface area contributed by atoms with Crippen molar-refractivity contribution in [2.45, 2.75) is 46.2 Å². The molecule has 4 nitrogen and oxygen atoms in total. The molecule has 0 fully saturated rings. The Morgan fingerprint density at radius 1 is 1.38 bits per heavy atom. The number of carbonyl (C=O) groups excluding carboxylic acids is 1. The predicted molar refractivity (Wildman–Crippen MR) is 66.2 cm³/mol. The minimum Gasteiger partial charge on any atom is -0.383 e. The molecule has 2 unspecified atom stereocenters. The Hall–Kier alpha value is -0.610. The zero-order chi connectivity index (χ0) is 12.7. The lowest BCUT2D eigenvalue weighted by Crippen LogP contribution is -2.49. The first-order valence-electron chi connectivity index (χ1n) is 5.98. The SMILES string of the molecule is CCN(C(=O)C(N)CC(C)C)C(C)COC. The van der Waals surface area contributed by atoms with Crippen molar-refractivity contribution in [3.63, 3.8) is 0 Å². The second-order valence-corrected chi connectivity index (χ2v) is 4.66. The number of amides is 1. The van der Waals surface area contributed by atoms with Crippen LogP contribution in [-0.4, -0.2) is 43.2 Å². The van der Waals surface area contributed by atoms with Gasteiger partial charge in [-0.25, -0.2) is 0 Å². The van der Waals surface area contributed by atoms with Gasteiger partial charge in [-0.15, -0.1) is 0 Å². The summed E-state index contributed by atoms with van der Waals surface area (Å²) < 4.78 is 5.06. The Balaban J connectivity index is 4.39. The first-order chi connectivity index (χ1) is 7.43. The maximum absolute atomic E-state index is 12.1. The number of rotatable bonds is 7. The Morgan fingerprint density at radius 2 is 1.94 bits per heavy atom. The third-order valence-electron chi connectivity index (χ3n) is 2.61. The van der Waals surface area contributed by atoms with Gasteiger partial charge >= 0.3 is 0 Å². The van der Waals surface area contributed by atoms with Crippen molar-refractivity contribution >= 4 is 5.91 Å². The minimum atomic E-state index is -0.390. The Kier molecular flexibility index (Phi) is 7.34. The Morgan fingerprint density at radius 3 is 2.31 bits per heavy atom. The molecule has 0 aliphatic rings. The van der Waals surface area contributed by atoms with E-state index in [9.17, 15) is 4.79 Å². The molecular weight excluding hydrogens is 204 g/mol. The van der Waals surface area contributed by atoms with Crippen molar-refractivity contribution in [3.05, 3.63) is 0 Å². The summed E-state index contributed by atoms with van der Waals surface area (Å²) in [5.74, 6) is 0.469. The summed E-state index contributed by atoms with van der Waals surface area (Å²) in [6, 6.07) is -0.306. The van der Waals surface area contributed by atoms with Crippen LogP contribution in [0.3, 0.4) is 0 Å². The van der Waals surface area contributed by atoms with Crippen molar-refractivity contribution in [2.24, 2.45) is 11.7 Å². The normalized spacial score (nSPS) is 14.9. The average Bonchev–Trinajstić information content (AvgIpc) is 2.17. The second-order valence-electron chi connectivity index (χ2n) is 4.66. The van der Waals surface area contributed by atoms with Crippen LogP contribution in [-0.2, 0) is 9.53 Å². The first-order valence-corrected chi connectivity index (χ1v) is 5.98. The highest BCUT2D eigenvalue weighted by atomic mass is 16.5. The van der Waals surface area contributed by atoms with Gasteiger partial charge in [-0.2, -0.15) is 0 Å². The highest BCUT2D eigenvalue weighted by Crippen LogP contribution is 2.08. The summed E-state index contributed by atoms with van der Waals surface area (Å²) >= 11 is 0. The Labute approximate surface area is 99.1 Å². The molecular formula is C12H26N2O2. The number of likely N-dealkylation sites (N-methyl/N-ethyl adjacent to an activating group) is 1. The fourth-order valence-electron chi connectivity index (χ4n) is 1.84. The number of carbonyl (C=O) groups is 1. The third kappa shape index (κ3) is 4.94. The molecule has 1 amide bonds. The third-order valence-corrected chi connectivity index (χ3v) is 2.61. The van der Waals surface area contributed by atoms with Gasteiger partial charge in [0, 0.05) is 13.7 Å². The molecule has 0 saturated heterocycles. The van der Waals surface area contributed by atoms with Crippen LogP contribution in [0.25, 0.3) is 0 Å². The molecule has 0 heterocycles. The molecule has 0 bridgehead atoms. The van der Waals surface area contributed by atoms with Crippen LogP contribution in [0.4, 0.5) is 0 Å². The monoisotopic (exact) mass is 230 g/mol. The van der Waals surface area contributed by atoms with Gasteiger partial charge in [0.1, 0.15) is 0 Å². The van der Waals surface area contributed by atoms with E-state index in [0.29, 0.717) is 19.1 Å². The van der Waals surface area contributed by atoms with Gasteiger partial charge < -0.3 is 15.4 Å². The van der Waals surface area contributed by atoms with Crippen molar-refractivity contribution in [1.29, 1.82) is 0 Å². The predicted octanol–water partition coefficient (Wildman–Crippen LogP) is 1.24. The van der Waals surface area contributed by atoms with Crippen LogP contribution in [0, 0.1) is 5.92 Å². The van der Waals surface area contributed by atoms with Crippen LogP contribution < -0.4 is 5.73 Å². The lowest BCUT2D eigenvalue weighted by molar-refractivity contribution is -0.135. The number of nitrogens with two attached hydrogens (primary N) is 1. The second kappa shape index (κ2) is 7.63. The van der Waals surface area contributed by atoms with E-state index >= 15 is 0 Å². The number of hydrogen-bond donors (Lipinski definition) is 1. The lowest BCUT2D eigenvalue weighted by atomic mass is 10.0. The van der Waals surface area contributed by atoms with E-state index in [-0.39, 0.29) is 18.0 Å². The highest BCUT2D eigenvalue weighted by molar-refractivity contribution is 5.81. The smallest absolute Gasteiger partial charge is 0.239 e. The van der Waals surface area contributed by atoms with Crippen LogP contribution in [0.2, 0.25) is 0 Å². The molecule has 0 aromatic rings. The van der Waals surface area contributed by atoms with E-state index in [1.165, 1.54) is 0 Å². The largest absolute Gasteiger partial charge is 0.383 e. The van der Waals surface area contributed by atoms with E-state index in [2.05, 4.69) is 13.8 Å². The van der Waals surface area contributed by atoms with E-state index < -0.39 is 0 Å². The lowest BCUT2D eigenvalue weighted by Gasteiger charge is -2.30. The van der Waals surface area contributed by atoms with Gasteiger partial charge in [0.2, 0.25) is 5.91 Å². The van der Waals surface area contributed by atoms with E-state index in [1.807, 2.05) is 13.8 Å². The van der Waals surface area contributed by atoms with Crippen molar-refractivity contribution in [2.75, 3.05) is 20.3 Å². The average molecular weight is 230 g/mol. The maximum Gasteiger partial charge on any atom is 0.239 e. The Bertz CT molecular complexity index is 207. The standard InChI is InChI=1S/C12H26N2O2/c1-6-14(10(4)8-16-5)12(15)11(13)7-9(2)3/h9-11H,6-8,13H2,1-5H3. The minimum absolute atomic E-state index is 0.0285. The summed E-state index contributed by atoms with van der Waals surface area (Å²) in [4.78, 5) is 13.9. The van der Waals surface area contributed by atoms with Gasteiger partial charge in [-0.05, 0) is 26.2 Å². The maximum atomic E-state index is 12.1. The molecule has 16 heavy (non-hydrogen) atoms. The van der Waals surface area contributed by atoms with Gasteiger partial charge in [0.05, 0.1) is 18.7 Å². The highest BCUT2D eigenvalue weighted by Gasteiger charge is 2.24. The van der Waals surface area contributed by atoms with Gasteiger partial charge in [0.25, 0.3) is 0 Å². The fraction of sp³-hybridized carbons (Fsp3) is 0.917. The topological polar surface area (TPSA) is 55.6 Å². The summed E-state index contributed by atoms with van der Waals surface area (Å²) in [5, 5.41) is 0. The molecule has 0 rings (SSSR count). The molecule has 0 spiro atoms. The number of hydrogen-bond acceptors (Lipinski definition) is 3. The van der Waals surface area contributed by atoms with Crippen LogP contribution in [0.1, 0.15) is 34.1 Å². The molecule has 0 aromatic carbocycles. The van der Waals surface area contributed by atoms with Crippen molar-refractivity contribution in [3.8, 4) is 0 Å². The van der Waals surface area contributed by atoms with Gasteiger partial charge in [-0.3, -0.25) is 4.79 Å². The summed E-state index contributed by atoms with van der Waals surface area (Å²) in [5.41, 5.74) is 5.90. The van der Waals surface area contributed by atoms with E-state index in [4.69, 9.17) is 10.5 Å².